The van der Waals surface area contributed by atoms with E-state index in [9.17, 15) is 4.79 Å². The van der Waals surface area contributed by atoms with Gasteiger partial charge >= 0.3 is 5.63 Å². The summed E-state index contributed by atoms with van der Waals surface area (Å²) in [7, 11) is 0. The number of para-hydroxylation sites is 1. The fraction of sp³-hybridized carbons (Fsp3) is 0.0556. The van der Waals surface area contributed by atoms with Crippen LogP contribution in [-0.2, 0) is 6.61 Å². The average molecular weight is 389 g/mol. The SMILES string of the molecule is O=c1oc2ccccc2cc1-c1nnc(COc2ccc(Cl)cc2Cl)o1. The second-order valence-corrected chi connectivity index (χ2v) is 6.19. The van der Waals surface area contributed by atoms with Crippen molar-refractivity contribution < 1.29 is 13.6 Å². The Kier molecular flexibility index (Phi) is 4.36. The predicted molar refractivity (Wildman–Crippen MR) is 96.6 cm³/mol. The zero-order valence-electron chi connectivity index (χ0n) is 13.1. The Morgan fingerprint density at radius 2 is 1.85 bits per heavy atom. The van der Waals surface area contributed by atoms with Gasteiger partial charge in [-0.25, -0.2) is 4.79 Å². The van der Waals surface area contributed by atoms with Crippen LogP contribution in [0.2, 0.25) is 10.0 Å². The van der Waals surface area contributed by atoms with Crippen molar-refractivity contribution in [1.29, 1.82) is 0 Å². The highest BCUT2D eigenvalue weighted by molar-refractivity contribution is 6.35. The first-order valence-electron chi connectivity index (χ1n) is 7.53. The van der Waals surface area contributed by atoms with Crippen molar-refractivity contribution in [3.8, 4) is 17.2 Å². The summed E-state index contributed by atoms with van der Waals surface area (Å²) in [5.41, 5.74) is 0.120. The van der Waals surface area contributed by atoms with Crippen LogP contribution in [0.15, 0.2) is 62.2 Å². The molecular weight excluding hydrogens is 379 g/mol. The predicted octanol–water partition coefficient (Wildman–Crippen LogP) is 4.73. The monoisotopic (exact) mass is 388 g/mol. The molecule has 6 nitrogen and oxygen atoms in total. The highest BCUT2D eigenvalue weighted by Gasteiger charge is 2.15. The fourth-order valence-electron chi connectivity index (χ4n) is 2.36. The minimum Gasteiger partial charge on any atom is -0.482 e. The van der Waals surface area contributed by atoms with E-state index in [1.807, 2.05) is 12.1 Å². The Hall–Kier alpha value is -2.83. The standard InChI is InChI=1S/C18H10Cl2N2O4/c19-11-5-6-15(13(20)8-11)24-9-16-21-22-17(26-16)12-7-10-3-1-2-4-14(10)25-18(12)23/h1-8H,9H2. The van der Waals surface area contributed by atoms with E-state index >= 15 is 0 Å². The van der Waals surface area contributed by atoms with E-state index < -0.39 is 5.63 Å². The Balaban J connectivity index is 1.58. The first-order chi connectivity index (χ1) is 12.6. The van der Waals surface area contributed by atoms with Gasteiger partial charge < -0.3 is 13.6 Å². The third kappa shape index (κ3) is 3.29. The van der Waals surface area contributed by atoms with Crippen LogP contribution in [0.5, 0.6) is 5.75 Å². The summed E-state index contributed by atoms with van der Waals surface area (Å²) >= 11 is 11.9. The Bertz CT molecular complexity index is 1150. The number of fused-ring (bicyclic) bond motifs is 1. The molecule has 130 valence electrons. The molecule has 0 atom stereocenters. The van der Waals surface area contributed by atoms with Crippen LogP contribution in [0, 0.1) is 0 Å². The van der Waals surface area contributed by atoms with E-state index in [2.05, 4.69) is 10.2 Å². The molecule has 0 aliphatic heterocycles. The first-order valence-corrected chi connectivity index (χ1v) is 8.29. The fourth-order valence-corrected chi connectivity index (χ4v) is 2.83. The van der Waals surface area contributed by atoms with Gasteiger partial charge in [0.1, 0.15) is 16.9 Å². The Labute approximate surface area is 156 Å². The molecule has 0 amide bonds. The highest BCUT2D eigenvalue weighted by atomic mass is 35.5. The summed E-state index contributed by atoms with van der Waals surface area (Å²) in [5.74, 6) is 0.685. The van der Waals surface area contributed by atoms with Gasteiger partial charge in [-0.1, -0.05) is 41.4 Å². The van der Waals surface area contributed by atoms with Crippen LogP contribution in [0.3, 0.4) is 0 Å². The lowest BCUT2D eigenvalue weighted by Crippen LogP contribution is -2.02. The van der Waals surface area contributed by atoms with Crippen molar-refractivity contribution in [2.45, 2.75) is 6.61 Å². The first kappa shape index (κ1) is 16.6. The maximum Gasteiger partial charge on any atom is 0.349 e. The van der Waals surface area contributed by atoms with Crippen LogP contribution in [0.25, 0.3) is 22.4 Å². The van der Waals surface area contributed by atoms with Crippen molar-refractivity contribution in [3.63, 3.8) is 0 Å². The number of hydrogen-bond donors (Lipinski definition) is 0. The third-order valence-electron chi connectivity index (χ3n) is 3.58. The lowest BCUT2D eigenvalue weighted by molar-refractivity contribution is 0.264. The molecule has 0 aliphatic carbocycles. The van der Waals surface area contributed by atoms with Crippen LogP contribution in [0.4, 0.5) is 0 Å². The van der Waals surface area contributed by atoms with Crippen molar-refractivity contribution in [3.05, 3.63) is 74.9 Å². The van der Waals surface area contributed by atoms with E-state index in [1.165, 1.54) is 0 Å². The maximum atomic E-state index is 12.1. The molecule has 0 saturated heterocycles. The average Bonchev–Trinajstić information content (AvgIpc) is 3.09. The molecule has 0 fully saturated rings. The molecule has 0 spiro atoms. The van der Waals surface area contributed by atoms with E-state index in [1.54, 1.807) is 36.4 Å². The zero-order valence-corrected chi connectivity index (χ0v) is 14.6. The minimum atomic E-state index is -0.555. The molecule has 2 heterocycles. The quantitative estimate of drug-likeness (QED) is 0.470. The lowest BCUT2D eigenvalue weighted by atomic mass is 10.2. The van der Waals surface area contributed by atoms with Gasteiger partial charge in [-0.3, -0.25) is 0 Å². The number of aromatic nitrogens is 2. The number of halogens is 2. The molecule has 0 N–H and O–H groups in total. The van der Waals surface area contributed by atoms with Gasteiger partial charge in [-0.2, -0.15) is 0 Å². The maximum absolute atomic E-state index is 12.1. The molecular formula is C18H10Cl2N2O4. The summed E-state index contributed by atoms with van der Waals surface area (Å²) in [4.78, 5) is 12.1. The summed E-state index contributed by atoms with van der Waals surface area (Å²) in [6, 6.07) is 13.7. The van der Waals surface area contributed by atoms with E-state index in [4.69, 9.17) is 36.8 Å². The molecule has 0 radical (unpaired) electrons. The van der Waals surface area contributed by atoms with Crippen LogP contribution >= 0.6 is 23.2 Å². The minimum absolute atomic E-state index is 0.00668. The second kappa shape index (κ2) is 6.82. The molecule has 0 unspecified atom stereocenters. The van der Waals surface area contributed by atoms with Gasteiger partial charge in [-0.05, 0) is 30.3 Å². The zero-order chi connectivity index (χ0) is 18.1. The van der Waals surface area contributed by atoms with Crippen LogP contribution < -0.4 is 10.4 Å². The summed E-state index contributed by atoms with van der Waals surface area (Å²) in [5, 5.41) is 9.41. The topological polar surface area (TPSA) is 78.4 Å². The second-order valence-electron chi connectivity index (χ2n) is 5.35. The molecule has 2 aromatic carbocycles. The molecule has 0 aliphatic rings. The van der Waals surface area contributed by atoms with Crippen molar-refractivity contribution in [1.82, 2.24) is 10.2 Å². The van der Waals surface area contributed by atoms with Gasteiger partial charge in [-0.15, -0.1) is 10.2 Å². The van der Waals surface area contributed by atoms with Crippen LogP contribution in [0.1, 0.15) is 5.89 Å². The van der Waals surface area contributed by atoms with E-state index in [0.717, 1.165) is 5.39 Å². The van der Waals surface area contributed by atoms with E-state index in [-0.39, 0.29) is 24.0 Å². The highest BCUT2D eigenvalue weighted by Crippen LogP contribution is 2.28. The van der Waals surface area contributed by atoms with Crippen molar-refractivity contribution >= 4 is 34.2 Å². The van der Waals surface area contributed by atoms with Gasteiger partial charge in [0.25, 0.3) is 11.8 Å². The molecule has 4 rings (SSSR count). The summed E-state index contributed by atoms with van der Waals surface area (Å²) in [6.07, 6.45) is 0. The number of benzene rings is 2. The van der Waals surface area contributed by atoms with E-state index in [0.29, 0.717) is 21.4 Å². The molecule has 26 heavy (non-hydrogen) atoms. The molecule has 4 aromatic rings. The number of rotatable bonds is 4. The number of hydrogen-bond acceptors (Lipinski definition) is 6. The summed E-state index contributed by atoms with van der Waals surface area (Å²) < 4.78 is 16.3. The molecule has 2 aromatic heterocycles. The molecule has 8 heteroatoms. The molecule has 0 saturated carbocycles. The summed E-state index contributed by atoms with van der Waals surface area (Å²) in [6.45, 7) is -0.00668. The van der Waals surface area contributed by atoms with Crippen molar-refractivity contribution in [2.75, 3.05) is 0 Å². The van der Waals surface area contributed by atoms with Crippen molar-refractivity contribution in [2.24, 2.45) is 0 Å². The number of ether oxygens (including phenoxy) is 1. The van der Waals surface area contributed by atoms with Crippen LogP contribution in [-0.4, -0.2) is 10.2 Å². The van der Waals surface area contributed by atoms with Gasteiger partial charge in [0.15, 0.2) is 6.61 Å². The van der Waals surface area contributed by atoms with Gasteiger partial charge in [0.05, 0.1) is 5.02 Å². The number of nitrogens with zero attached hydrogens (tertiary/aromatic N) is 2. The Morgan fingerprint density at radius 3 is 2.69 bits per heavy atom. The Morgan fingerprint density at radius 1 is 1.00 bits per heavy atom. The largest absolute Gasteiger partial charge is 0.482 e. The third-order valence-corrected chi connectivity index (χ3v) is 4.11. The smallest absolute Gasteiger partial charge is 0.349 e. The normalized spacial score (nSPS) is 11.0. The van der Waals surface area contributed by atoms with Gasteiger partial charge in [0, 0.05) is 10.4 Å². The lowest BCUT2D eigenvalue weighted by Gasteiger charge is -2.05. The van der Waals surface area contributed by atoms with Gasteiger partial charge in [0.2, 0.25) is 0 Å². The molecule has 0 bridgehead atoms.